The normalized spacial score (nSPS) is 20.6. The second-order valence-corrected chi connectivity index (χ2v) is 5.56. The predicted octanol–water partition coefficient (Wildman–Crippen LogP) is 5.18. The van der Waals surface area contributed by atoms with Gasteiger partial charge in [-0.1, -0.05) is 31.5 Å². The van der Waals surface area contributed by atoms with Crippen LogP contribution in [-0.2, 0) is 0 Å². The lowest BCUT2D eigenvalue weighted by atomic mass is 9.80. The van der Waals surface area contributed by atoms with Crippen molar-refractivity contribution in [3.05, 3.63) is 53.3 Å². The quantitative estimate of drug-likeness (QED) is 0.747. The van der Waals surface area contributed by atoms with Crippen LogP contribution >= 0.6 is 0 Å². The number of aromatic nitrogens is 1. The Morgan fingerprint density at radius 1 is 1.05 bits per heavy atom. The minimum atomic E-state index is 0.430. The molecule has 2 nitrogen and oxygen atoms in total. The van der Waals surface area contributed by atoms with Crippen molar-refractivity contribution in [1.82, 2.24) is 4.98 Å². The third-order valence-corrected chi connectivity index (χ3v) is 4.30. The maximum atomic E-state index is 6.16. The van der Waals surface area contributed by atoms with Crippen molar-refractivity contribution in [2.24, 2.45) is 0 Å². The summed E-state index contributed by atoms with van der Waals surface area (Å²) < 4.78 is 6.16. The molecule has 0 saturated heterocycles. The highest BCUT2D eigenvalue weighted by molar-refractivity contribution is 5.48. The Morgan fingerprint density at radius 3 is 2.60 bits per heavy atom. The summed E-state index contributed by atoms with van der Waals surface area (Å²) in [6.07, 6.45) is 4.06. The second-order valence-electron chi connectivity index (χ2n) is 5.56. The van der Waals surface area contributed by atoms with Gasteiger partial charge < -0.3 is 4.74 Å². The van der Waals surface area contributed by atoms with E-state index in [4.69, 9.17) is 4.74 Å². The third kappa shape index (κ3) is 2.09. The number of aryl methyl sites for hydroxylation is 1. The summed E-state index contributed by atoms with van der Waals surface area (Å²) in [5, 5.41) is 0. The van der Waals surface area contributed by atoms with Crippen molar-refractivity contribution < 1.29 is 4.74 Å². The fourth-order valence-corrected chi connectivity index (χ4v) is 3.33. The van der Waals surface area contributed by atoms with Gasteiger partial charge in [0.05, 0.1) is 5.69 Å². The van der Waals surface area contributed by atoms with Gasteiger partial charge in [-0.15, -0.1) is 0 Å². The van der Waals surface area contributed by atoms with Crippen molar-refractivity contribution in [2.45, 2.75) is 45.4 Å². The molecule has 20 heavy (non-hydrogen) atoms. The lowest BCUT2D eigenvalue weighted by Crippen LogP contribution is -2.10. The zero-order chi connectivity index (χ0) is 14.1. The van der Waals surface area contributed by atoms with Gasteiger partial charge in [-0.05, 0) is 49.4 Å². The molecule has 0 amide bonds. The summed E-state index contributed by atoms with van der Waals surface area (Å²) in [5.41, 5.74) is 3.73. The zero-order valence-electron chi connectivity index (χ0n) is 12.4. The molecular formula is C18H21NO. The Balaban J connectivity index is 2.21. The number of pyridine rings is 1. The SMILES string of the molecule is CC[C@@H]1c2ncccc2Oc2ccc(C)cc2[C@@H]1CC. The van der Waals surface area contributed by atoms with E-state index in [2.05, 4.69) is 44.0 Å². The van der Waals surface area contributed by atoms with E-state index in [9.17, 15) is 0 Å². The maximum absolute atomic E-state index is 6.16. The molecule has 0 N–H and O–H groups in total. The zero-order valence-corrected chi connectivity index (χ0v) is 12.4. The van der Waals surface area contributed by atoms with E-state index in [0.29, 0.717) is 11.8 Å². The summed E-state index contributed by atoms with van der Waals surface area (Å²) in [6, 6.07) is 10.5. The number of hydrogen-bond acceptors (Lipinski definition) is 2. The first-order chi connectivity index (χ1) is 9.74. The molecule has 1 aliphatic rings. The number of fused-ring (bicyclic) bond motifs is 2. The molecule has 104 valence electrons. The molecule has 2 heterocycles. The Bertz CT molecular complexity index is 621. The number of hydrogen-bond donors (Lipinski definition) is 0. The monoisotopic (exact) mass is 267 g/mol. The van der Waals surface area contributed by atoms with Gasteiger partial charge in [0.2, 0.25) is 0 Å². The minimum Gasteiger partial charge on any atom is -0.455 e. The van der Waals surface area contributed by atoms with Crippen LogP contribution in [0.15, 0.2) is 36.5 Å². The summed E-state index contributed by atoms with van der Waals surface area (Å²) in [7, 11) is 0. The largest absolute Gasteiger partial charge is 0.455 e. The van der Waals surface area contributed by atoms with Crippen molar-refractivity contribution in [3.8, 4) is 11.5 Å². The summed E-state index contributed by atoms with van der Waals surface area (Å²) in [6.45, 7) is 6.64. The van der Waals surface area contributed by atoms with Crippen LogP contribution in [0.4, 0.5) is 0 Å². The predicted molar refractivity (Wildman–Crippen MR) is 81.6 cm³/mol. The smallest absolute Gasteiger partial charge is 0.149 e. The molecule has 2 atom stereocenters. The molecule has 2 aromatic rings. The molecule has 0 spiro atoms. The standard InChI is InChI=1S/C18H21NO/c1-4-13-14(5-2)18-17(7-6-10-19-18)20-16-9-8-12(3)11-15(13)16/h6-11,13-14H,4-5H2,1-3H3/t13-,14+/m1/s1. The minimum absolute atomic E-state index is 0.430. The van der Waals surface area contributed by atoms with Crippen molar-refractivity contribution >= 4 is 0 Å². The molecule has 1 aromatic carbocycles. The van der Waals surface area contributed by atoms with Gasteiger partial charge in [0.1, 0.15) is 11.5 Å². The van der Waals surface area contributed by atoms with Crippen molar-refractivity contribution in [3.63, 3.8) is 0 Å². The topological polar surface area (TPSA) is 22.1 Å². The van der Waals surface area contributed by atoms with Crippen LogP contribution in [0.1, 0.15) is 55.3 Å². The van der Waals surface area contributed by atoms with E-state index >= 15 is 0 Å². The lowest BCUT2D eigenvalue weighted by Gasteiger charge is -2.23. The Kier molecular flexibility index (Phi) is 3.47. The molecule has 0 bridgehead atoms. The summed E-state index contributed by atoms with van der Waals surface area (Å²) in [4.78, 5) is 4.61. The Labute approximate surface area is 120 Å². The van der Waals surface area contributed by atoms with Gasteiger partial charge in [0.25, 0.3) is 0 Å². The van der Waals surface area contributed by atoms with Crippen LogP contribution in [0.2, 0.25) is 0 Å². The molecule has 0 fully saturated rings. The average Bonchev–Trinajstić information content (AvgIpc) is 2.60. The van der Waals surface area contributed by atoms with E-state index in [0.717, 1.165) is 30.0 Å². The number of benzene rings is 1. The second kappa shape index (κ2) is 5.28. The first-order valence-corrected chi connectivity index (χ1v) is 7.47. The van der Waals surface area contributed by atoms with E-state index in [1.807, 2.05) is 18.3 Å². The molecule has 1 aliphatic heterocycles. The van der Waals surface area contributed by atoms with E-state index in [1.54, 1.807) is 0 Å². The van der Waals surface area contributed by atoms with Gasteiger partial charge >= 0.3 is 0 Å². The molecule has 3 rings (SSSR count). The highest BCUT2D eigenvalue weighted by atomic mass is 16.5. The van der Waals surface area contributed by atoms with E-state index in [1.165, 1.54) is 11.1 Å². The number of ether oxygens (including phenoxy) is 1. The molecule has 2 heteroatoms. The first kappa shape index (κ1) is 13.2. The number of rotatable bonds is 2. The van der Waals surface area contributed by atoms with Crippen LogP contribution in [0.25, 0.3) is 0 Å². The molecular weight excluding hydrogens is 246 g/mol. The van der Waals surface area contributed by atoms with Crippen molar-refractivity contribution in [1.29, 1.82) is 0 Å². The molecule has 1 aromatic heterocycles. The van der Waals surface area contributed by atoms with Crippen LogP contribution in [-0.4, -0.2) is 4.98 Å². The van der Waals surface area contributed by atoms with Gasteiger partial charge in [-0.3, -0.25) is 4.98 Å². The van der Waals surface area contributed by atoms with Crippen LogP contribution in [0, 0.1) is 6.92 Å². The highest BCUT2D eigenvalue weighted by Gasteiger charge is 2.31. The van der Waals surface area contributed by atoms with E-state index < -0.39 is 0 Å². The van der Waals surface area contributed by atoms with Gasteiger partial charge in [0.15, 0.2) is 0 Å². The van der Waals surface area contributed by atoms with Gasteiger partial charge in [-0.2, -0.15) is 0 Å². The fraction of sp³-hybridized carbons (Fsp3) is 0.389. The third-order valence-electron chi connectivity index (χ3n) is 4.30. The maximum Gasteiger partial charge on any atom is 0.149 e. The van der Waals surface area contributed by atoms with Gasteiger partial charge in [0, 0.05) is 12.1 Å². The highest BCUT2D eigenvalue weighted by Crippen LogP contribution is 2.48. The molecule has 0 unspecified atom stereocenters. The van der Waals surface area contributed by atoms with Crippen LogP contribution in [0.5, 0.6) is 11.5 Å². The fourth-order valence-electron chi connectivity index (χ4n) is 3.33. The molecule has 0 saturated carbocycles. The Hall–Kier alpha value is -1.83. The lowest BCUT2D eigenvalue weighted by molar-refractivity contribution is 0.473. The Morgan fingerprint density at radius 2 is 1.85 bits per heavy atom. The summed E-state index contributed by atoms with van der Waals surface area (Å²) >= 11 is 0. The molecule has 0 radical (unpaired) electrons. The van der Waals surface area contributed by atoms with Crippen LogP contribution < -0.4 is 4.74 Å². The van der Waals surface area contributed by atoms with E-state index in [-0.39, 0.29) is 0 Å². The average molecular weight is 267 g/mol. The van der Waals surface area contributed by atoms with Gasteiger partial charge in [-0.25, -0.2) is 0 Å². The first-order valence-electron chi connectivity index (χ1n) is 7.47. The number of nitrogens with zero attached hydrogens (tertiary/aromatic N) is 1. The van der Waals surface area contributed by atoms with Crippen LogP contribution in [0.3, 0.4) is 0 Å². The van der Waals surface area contributed by atoms with Crippen molar-refractivity contribution in [2.75, 3.05) is 0 Å². The summed E-state index contributed by atoms with van der Waals surface area (Å²) in [5.74, 6) is 2.82. The molecule has 0 aliphatic carbocycles.